The van der Waals surface area contributed by atoms with Gasteiger partial charge in [0.15, 0.2) is 0 Å². The minimum absolute atomic E-state index is 0.0313. The molecule has 13 heteroatoms. The number of hydrogen-bond donors (Lipinski definition) is 1. The molecule has 2 aromatic rings. The topological polar surface area (TPSA) is 156 Å². The fourth-order valence-electron chi connectivity index (χ4n) is 3.82. The van der Waals surface area contributed by atoms with Crippen LogP contribution in [-0.2, 0) is 19.6 Å². The zero-order chi connectivity index (χ0) is 24.6. The van der Waals surface area contributed by atoms with Gasteiger partial charge in [-0.2, -0.15) is 4.31 Å². The lowest BCUT2D eigenvalue weighted by Gasteiger charge is -2.26. The van der Waals surface area contributed by atoms with E-state index in [0.29, 0.717) is 4.90 Å². The van der Waals surface area contributed by atoms with Crippen molar-refractivity contribution in [3.8, 4) is 0 Å². The van der Waals surface area contributed by atoms with Crippen LogP contribution in [0, 0.1) is 10.1 Å². The Morgan fingerprint density at radius 1 is 1.12 bits per heavy atom. The van der Waals surface area contributed by atoms with Crippen LogP contribution in [0.25, 0.3) is 0 Å². The number of rotatable bonds is 6. The number of fused-ring (bicyclic) bond motifs is 1. The van der Waals surface area contributed by atoms with E-state index in [1.165, 1.54) is 47.6 Å². The highest BCUT2D eigenvalue weighted by molar-refractivity contribution is 7.89. The Balaban J connectivity index is 1.54. The smallest absolute Gasteiger partial charge is 0.282 e. The molecular weight excluding hydrogens is 468 g/mol. The van der Waals surface area contributed by atoms with Crippen LogP contribution < -0.4 is 5.32 Å². The largest absolute Gasteiger partial charge is 0.379 e. The fraction of sp³-hybridized carbons (Fsp3) is 0.286. The molecule has 2 aliphatic heterocycles. The number of nitrogens with one attached hydrogen (secondary N) is 1. The Hall–Kier alpha value is -3.68. The van der Waals surface area contributed by atoms with Gasteiger partial charge in [0.25, 0.3) is 17.5 Å². The van der Waals surface area contributed by atoms with Crippen molar-refractivity contribution >= 4 is 39.1 Å². The molecule has 2 aromatic carbocycles. The Bertz CT molecular complexity index is 1300. The molecule has 178 valence electrons. The number of anilines is 1. The Labute approximate surface area is 194 Å². The molecule has 4 rings (SSSR count). The summed E-state index contributed by atoms with van der Waals surface area (Å²) in [5.41, 5.74) is -0.894. The molecular formula is C21H20N4O8S. The van der Waals surface area contributed by atoms with Crippen molar-refractivity contribution in [1.29, 1.82) is 0 Å². The molecule has 3 amide bonds. The van der Waals surface area contributed by atoms with Crippen molar-refractivity contribution in [3.05, 3.63) is 63.7 Å². The zero-order valence-corrected chi connectivity index (χ0v) is 18.8. The van der Waals surface area contributed by atoms with Crippen LogP contribution in [0.1, 0.15) is 27.6 Å². The molecule has 0 radical (unpaired) electrons. The lowest BCUT2D eigenvalue weighted by molar-refractivity contribution is -0.385. The number of carbonyl (C=O) groups excluding carboxylic acids is 3. The number of nitrogens with zero attached hydrogens (tertiary/aromatic N) is 3. The van der Waals surface area contributed by atoms with E-state index in [2.05, 4.69) is 5.32 Å². The molecule has 1 fully saturated rings. The highest BCUT2D eigenvalue weighted by atomic mass is 32.2. The van der Waals surface area contributed by atoms with Gasteiger partial charge in [0, 0.05) is 24.8 Å². The van der Waals surface area contributed by atoms with Crippen LogP contribution in [-0.4, -0.2) is 72.6 Å². The zero-order valence-electron chi connectivity index (χ0n) is 18.0. The van der Waals surface area contributed by atoms with Crippen molar-refractivity contribution in [3.63, 3.8) is 0 Å². The van der Waals surface area contributed by atoms with Crippen molar-refractivity contribution in [2.24, 2.45) is 0 Å². The molecule has 2 heterocycles. The van der Waals surface area contributed by atoms with E-state index in [1.807, 2.05) is 0 Å². The Morgan fingerprint density at radius 2 is 1.79 bits per heavy atom. The van der Waals surface area contributed by atoms with E-state index in [-0.39, 0.29) is 48.0 Å². The summed E-state index contributed by atoms with van der Waals surface area (Å²) in [6, 6.07) is 7.97. The number of nitro groups is 1. The third-order valence-corrected chi connectivity index (χ3v) is 7.49. The second-order valence-electron chi connectivity index (χ2n) is 7.65. The average Bonchev–Trinajstić information content (AvgIpc) is 3.09. The van der Waals surface area contributed by atoms with E-state index in [0.717, 1.165) is 6.07 Å². The minimum atomic E-state index is -3.80. The average molecular weight is 488 g/mol. The first-order valence-electron chi connectivity index (χ1n) is 10.3. The molecule has 0 unspecified atom stereocenters. The van der Waals surface area contributed by atoms with Crippen LogP contribution in [0.4, 0.5) is 11.4 Å². The van der Waals surface area contributed by atoms with Gasteiger partial charge in [-0.05, 0) is 31.2 Å². The van der Waals surface area contributed by atoms with Gasteiger partial charge in [-0.3, -0.25) is 29.4 Å². The van der Waals surface area contributed by atoms with Gasteiger partial charge in [-0.15, -0.1) is 0 Å². The fourth-order valence-corrected chi connectivity index (χ4v) is 5.28. The second kappa shape index (κ2) is 8.93. The molecule has 2 aliphatic rings. The number of ether oxygens (including phenoxy) is 1. The lowest BCUT2D eigenvalue weighted by atomic mass is 10.1. The summed E-state index contributed by atoms with van der Waals surface area (Å²) in [4.78, 5) is 49.6. The summed E-state index contributed by atoms with van der Waals surface area (Å²) < 4.78 is 32.2. The molecule has 0 aliphatic carbocycles. The summed E-state index contributed by atoms with van der Waals surface area (Å²) in [7, 11) is -3.80. The van der Waals surface area contributed by atoms with Crippen LogP contribution in [0.2, 0.25) is 0 Å². The predicted molar refractivity (Wildman–Crippen MR) is 118 cm³/mol. The maximum atomic E-state index is 12.9. The first kappa shape index (κ1) is 23.5. The van der Waals surface area contributed by atoms with Gasteiger partial charge in [0.1, 0.15) is 11.6 Å². The number of benzene rings is 2. The molecule has 0 saturated carbocycles. The maximum absolute atomic E-state index is 12.9. The number of nitro benzene ring substituents is 1. The molecule has 34 heavy (non-hydrogen) atoms. The summed E-state index contributed by atoms with van der Waals surface area (Å²) in [6.45, 7) is 2.29. The highest BCUT2D eigenvalue weighted by Gasteiger charge is 2.44. The van der Waals surface area contributed by atoms with Crippen molar-refractivity contribution in [2.45, 2.75) is 17.9 Å². The Morgan fingerprint density at radius 3 is 2.47 bits per heavy atom. The van der Waals surface area contributed by atoms with Gasteiger partial charge < -0.3 is 10.1 Å². The number of amides is 3. The molecule has 0 aromatic heterocycles. The van der Waals surface area contributed by atoms with E-state index in [9.17, 15) is 32.9 Å². The van der Waals surface area contributed by atoms with Gasteiger partial charge in [-0.25, -0.2) is 8.42 Å². The van der Waals surface area contributed by atoms with Crippen LogP contribution >= 0.6 is 0 Å². The minimum Gasteiger partial charge on any atom is -0.379 e. The quantitative estimate of drug-likeness (QED) is 0.362. The summed E-state index contributed by atoms with van der Waals surface area (Å²) in [5, 5.41) is 13.8. The summed E-state index contributed by atoms with van der Waals surface area (Å²) in [5.74, 6) is -2.54. The van der Waals surface area contributed by atoms with Gasteiger partial charge in [0.2, 0.25) is 15.9 Å². The van der Waals surface area contributed by atoms with E-state index in [4.69, 9.17) is 4.74 Å². The number of imide groups is 1. The number of sulfonamides is 1. The normalized spacial score (nSPS) is 17.4. The molecule has 1 N–H and O–H groups in total. The third-order valence-electron chi connectivity index (χ3n) is 5.60. The third kappa shape index (κ3) is 4.04. The van der Waals surface area contributed by atoms with E-state index in [1.54, 1.807) is 0 Å². The highest BCUT2D eigenvalue weighted by Crippen LogP contribution is 2.32. The van der Waals surface area contributed by atoms with Crippen molar-refractivity contribution in [1.82, 2.24) is 9.21 Å². The standard InChI is InChI=1S/C21H20N4O8S/c1-13(24-20(27)16-6-3-7-17(25(29)30)18(16)21(24)28)19(26)22-14-4-2-5-15(12-14)34(31,32)23-8-10-33-11-9-23/h2-7,12-13H,8-11H2,1H3,(H,22,26)/t13-/m0/s1. The van der Waals surface area contributed by atoms with E-state index >= 15 is 0 Å². The first-order chi connectivity index (χ1) is 16.1. The monoisotopic (exact) mass is 488 g/mol. The van der Waals surface area contributed by atoms with Crippen LogP contribution in [0.3, 0.4) is 0 Å². The van der Waals surface area contributed by atoms with Crippen LogP contribution in [0.15, 0.2) is 47.4 Å². The van der Waals surface area contributed by atoms with Gasteiger partial charge in [-0.1, -0.05) is 12.1 Å². The Kier molecular flexibility index (Phi) is 6.17. The number of hydrogen-bond acceptors (Lipinski definition) is 8. The number of carbonyl (C=O) groups is 3. The first-order valence-corrected chi connectivity index (χ1v) is 11.7. The predicted octanol–water partition coefficient (Wildman–Crippen LogP) is 1.24. The lowest BCUT2D eigenvalue weighted by Crippen LogP contribution is -2.45. The van der Waals surface area contributed by atoms with Gasteiger partial charge in [0.05, 0.1) is 28.6 Å². The van der Waals surface area contributed by atoms with Crippen molar-refractivity contribution in [2.75, 3.05) is 31.6 Å². The summed E-state index contributed by atoms with van der Waals surface area (Å²) >= 11 is 0. The molecule has 1 saturated heterocycles. The molecule has 1 atom stereocenters. The molecule has 0 bridgehead atoms. The second-order valence-corrected chi connectivity index (χ2v) is 9.58. The van der Waals surface area contributed by atoms with Crippen LogP contribution in [0.5, 0.6) is 0 Å². The van der Waals surface area contributed by atoms with Gasteiger partial charge >= 0.3 is 0 Å². The number of morpholine rings is 1. The summed E-state index contributed by atoms with van der Waals surface area (Å²) in [6.07, 6.45) is 0. The SMILES string of the molecule is C[C@@H](C(=O)Nc1cccc(S(=O)(=O)N2CCOCC2)c1)N1C(=O)c2cccc([N+](=O)[O-])c2C1=O. The maximum Gasteiger partial charge on any atom is 0.282 e. The molecule has 12 nitrogen and oxygen atoms in total. The molecule has 0 spiro atoms. The van der Waals surface area contributed by atoms with Crippen molar-refractivity contribution < 1.29 is 32.5 Å². The van der Waals surface area contributed by atoms with E-state index < -0.39 is 44.4 Å².